The summed E-state index contributed by atoms with van der Waals surface area (Å²) >= 11 is 7.95. The number of carbonyl (C=O) groups excluding carboxylic acids is 1. The molecule has 0 spiro atoms. The van der Waals surface area contributed by atoms with Gasteiger partial charge in [-0.1, -0.05) is 68.3 Å². The van der Waals surface area contributed by atoms with Gasteiger partial charge < -0.3 is 22.5 Å². The number of nitrogens with zero attached hydrogens (tertiary/aromatic N) is 1. The Morgan fingerprint density at radius 1 is 1.24 bits per heavy atom. The van der Waals surface area contributed by atoms with Crippen molar-refractivity contribution < 1.29 is 4.79 Å². The first-order valence-corrected chi connectivity index (χ1v) is 16.5. The number of nitrogens with one attached hydrogen (secondary N) is 1. The smallest absolute Gasteiger partial charge is 0.166 e. The molecule has 0 bridgehead atoms. The molecule has 1 unspecified atom stereocenters. The van der Waals surface area contributed by atoms with Gasteiger partial charge in [0.15, 0.2) is 10.8 Å². The first kappa shape index (κ1) is 37.6. The fraction of sp³-hybridized carbons (Fsp3) is 0.378. The zero-order chi connectivity index (χ0) is 33.4. The van der Waals surface area contributed by atoms with E-state index >= 15 is 0 Å². The van der Waals surface area contributed by atoms with Gasteiger partial charge in [-0.15, -0.1) is 17.1 Å². The topological polar surface area (TPSA) is 120 Å². The third kappa shape index (κ3) is 13.1. The molecule has 0 aliphatic heterocycles. The highest BCUT2D eigenvalue weighted by Crippen LogP contribution is 2.48. The van der Waals surface area contributed by atoms with Gasteiger partial charge >= 0.3 is 0 Å². The lowest BCUT2D eigenvalue weighted by molar-refractivity contribution is 0.101. The summed E-state index contributed by atoms with van der Waals surface area (Å²) in [6, 6.07) is 14.5. The van der Waals surface area contributed by atoms with Crippen LogP contribution in [0.5, 0.6) is 0 Å². The van der Waals surface area contributed by atoms with Crippen LogP contribution in [0.25, 0.3) is 5.57 Å². The van der Waals surface area contributed by atoms with Crippen LogP contribution in [-0.2, 0) is 12.0 Å². The number of hydrogen-bond donors (Lipinski definition) is 4. The molecule has 1 atom stereocenters. The molecule has 2 saturated carbocycles. The molecule has 45 heavy (non-hydrogen) atoms. The number of rotatable bonds is 7. The summed E-state index contributed by atoms with van der Waals surface area (Å²) in [5.41, 5.74) is 25.6. The van der Waals surface area contributed by atoms with Crippen molar-refractivity contribution >= 4 is 34.3 Å². The summed E-state index contributed by atoms with van der Waals surface area (Å²) in [7, 11) is 0. The first-order chi connectivity index (χ1) is 21.5. The van der Waals surface area contributed by atoms with E-state index in [1.165, 1.54) is 54.3 Å². The van der Waals surface area contributed by atoms with Gasteiger partial charge in [0.1, 0.15) is 0 Å². The van der Waals surface area contributed by atoms with Crippen LogP contribution >= 0.6 is 22.9 Å². The summed E-state index contributed by atoms with van der Waals surface area (Å²) in [5, 5.41) is 7.24. The monoisotopic (exact) mass is 645 g/mol. The highest BCUT2D eigenvalue weighted by atomic mass is 35.5. The van der Waals surface area contributed by atoms with Gasteiger partial charge in [0.05, 0.1) is 0 Å². The number of allylic oxidation sites excluding steroid dienone is 1. The molecule has 240 valence electrons. The van der Waals surface area contributed by atoms with Crippen molar-refractivity contribution in [3.63, 3.8) is 0 Å². The van der Waals surface area contributed by atoms with E-state index in [0.29, 0.717) is 18.0 Å². The number of benzene rings is 2. The maximum Gasteiger partial charge on any atom is 0.166 e. The molecule has 2 aliphatic carbocycles. The Labute approximate surface area is 278 Å². The molecule has 0 radical (unpaired) electrons. The molecule has 0 saturated heterocycles. The quantitative estimate of drug-likeness (QED) is 0.119. The standard InChI is InChI=1S/C18H25ClN2.C9H11NO.C7H7NS.C3H5N/c1-11(20)17(12(2)21-16-4-5-16)13-8-14(10-15(19)9-13)18(3)6-7-18;1-7(11)9-5-3-2-4-8(9)6-10;1-2-3-4-7-8-5-6-9-7;1-2-3-4/h8-11,16,21H,4-7,20H2,1-3H3;2-5H,6,10H2,1H3;5-6H,2H2,1H3;3H,1,4H2/b17-12+;;;. The highest BCUT2D eigenvalue weighted by Gasteiger charge is 2.39. The van der Waals surface area contributed by atoms with Gasteiger partial charge in [0.25, 0.3) is 0 Å². The fourth-order valence-corrected chi connectivity index (χ4v) is 5.23. The van der Waals surface area contributed by atoms with E-state index < -0.39 is 0 Å². The third-order valence-electron chi connectivity index (χ3n) is 7.30. The number of thiazole rings is 1. The number of aromatic nitrogens is 1. The Balaban J connectivity index is 0.000000246. The van der Waals surface area contributed by atoms with Crippen molar-refractivity contribution in [1.82, 2.24) is 10.3 Å². The van der Waals surface area contributed by atoms with E-state index in [4.69, 9.17) is 28.8 Å². The van der Waals surface area contributed by atoms with Crippen molar-refractivity contribution in [2.75, 3.05) is 0 Å². The minimum atomic E-state index is -0.00502. The summed E-state index contributed by atoms with van der Waals surface area (Å²) in [4.78, 5) is 15.0. The van der Waals surface area contributed by atoms with E-state index in [1.54, 1.807) is 30.5 Å². The van der Waals surface area contributed by atoms with Crippen molar-refractivity contribution in [1.29, 1.82) is 0 Å². The van der Waals surface area contributed by atoms with Crippen LogP contribution < -0.4 is 22.5 Å². The summed E-state index contributed by atoms with van der Waals surface area (Å²) in [5.74, 6) is 5.96. The molecular weight excluding hydrogens is 598 g/mol. The van der Waals surface area contributed by atoms with Gasteiger partial charge in [0, 0.05) is 59.1 Å². The highest BCUT2D eigenvalue weighted by molar-refractivity contribution is 7.10. The summed E-state index contributed by atoms with van der Waals surface area (Å²) in [6.45, 7) is 13.7. The minimum Gasteiger partial charge on any atom is -0.398 e. The lowest BCUT2D eigenvalue weighted by atomic mass is 9.91. The second-order valence-electron chi connectivity index (χ2n) is 11.3. The summed E-state index contributed by atoms with van der Waals surface area (Å²) < 4.78 is 0. The SMILES string of the molecule is C/C(NC1CC1)=C(\c1cc(Cl)cc(C2(C)CC2)c1)C(C)N.C=C=CN.CC(=O)c1ccccc1CN.CCC#Cc1nccs1. The van der Waals surface area contributed by atoms with Crippen LogP contribution in [0.3, 0.4) is 0 Å². The van der Waals surface area contributed by atoms with Crippen LogP contribution in [0.1, 0.15) is 98.8 Å². The zero-order valence-corrected chi connectivity index (χ0v) is 28.8. The van der Waals surface area contributed by atoms with Crippen molar-refractivity contribution in [3.8, 4) is 11.8 Å². The normalized spacial score (nSPS) is 14.8. The van der Waals surface area contributed by atoms with Gasteiger partial charge in [-0.3, -0.25) is 4.79 Å². The van der Waals surface area contributed by atoms with Crippen molar-refractivity contribution in [2.24, 2.45) is 17.2 Å². The average molecular weight is 646 g/mol. The molecule has 7 N–H and O–H groups in total. The number of Topliss-reactive ketones (excluding diaryl/α,β-unsaturated/α-hetero) is 1. The molecular formula is C37H48ClN5OS. The fourth-order valence-electron chi connectivity index (χ4n) is 4.49. The Kier molecular flexibility index (Phi) is 15.9. The van der Waals surface area contributed by atoms with Gasteiger partial charge in [-0.05, 0) is 92.2 Å². The molecule has 1 heterocycles. The van der Waals surface area contributed by atoms with Crippen LogP contribution in [0.4, 0.5) is 0 Å². The van der Waals surface area contributed by atoms with Crippen LogP contribution in [-0.4, -0.2) is 22.9 Å². The molecule has 1 aromatic heterocycles. The van der Waals surface area contributed by atoms with Crippen LogP contribution in [0.2, 0.25) is 5.02 Å². The Morgan fingerprint density at radius 3 is 2.38 bits per heavy atom. The Morgan fingerprint density at radius 2 is 1.91 bits per heavy atom. The van der Waals surface area contributed by atoms with E-state index in [2.05, 4.69) is 60.4 Å². The molecule has 2 aliphatic rings. The second kappa shape index (κ2) is 19.0. The van der Waals surface area contributed by atoms with Crippen LogP contribution in [0, 0.1) is 11.8 Å². The Hall–Kier alpha value is -3.63. The second-order valence-corrected chi connectivity index (χ2v) is 12.6. The molecule has 6 nitrogen and oxygen atoms in total. The van der Waals surface area contributed by atoms with Gasteiger partial charge in [0.2, 0.25) is 0 Å². The van der Waals surface area contributed by atoms with Crippen molar-refractivity contribution in [3.05, 3.63) is 111 Å². The number of hydrogen-bond acceptors (Lipinski definition) is 7. The third-order valence-corrected chi connectivity index (χ3v) is 8.21. The van der Waals surface area contributed by atoms with Crippen molar-refractivity contribution in [2.45, 2.75) is 90.8 Å². The molecule has 0 amide bonds. The average Bonchev–Trinajstić information content (AvgIpc) is 3.94. The van der Waals surface area contributed by atoms with Crippen LogP contribution in [0.15, 0.2) is 78.2 Å². The van der Waals surface area contributed by atoms with Gasteiger partial charge in [-0.2, -0.15) is 0 Å². The Bertz CT molecular complexity index is 1520. The molecule has 8 heteroatoms. The molecule has 5 rings (SSSR count). The number of halogens is 1. The molecule has 2 aromatic carbocycles. The van der Waals surface area contributed by atoms with Gasteiger partial charge in [-0.25, -0.2) is 4.98 Å². The van der Waals surface area contributed by atoms with E-state index in [-0.39, 0.29) is 11.8 Å². The summed E-state index contributed by atoms with van der Waals surface area (Å²) in [6.07, 6.45) is 8.97. The largest absolute Gasteiger partial charge is 0.398 e. The number of nitrogens with two attached hydrogens (primary N) is 3. The lowest BCUT2D eigenvalue weighted by Crippen LogP contribution is -2.24. The van der Waals surface area contributed by atoms with E-state index in [1.807, 2.05) is 43.5 Å². The zero-order valence-electron chi connectivity index (χ0n) is 27.3. The van der Waals surface area contributed by atoms with E-state index in [0.717, 1.165) is 27.6 Å². The minimum absolute atomic E-state index is 0.00502. The maximum atomic E-state index is 11.0. The number of ketones is 1. The molecule has 3 aromatic rings. The molecule has 2 fully saturated rings. The number of carbonyl (C=O) groups is 1. The first-order valence-electron chi connectivity index (χ1n) is 15.3. The maximum absolute atomic E-state index is 11.0. The lowest BCUT2D eigenvalue weighted by Gasteiger charge is -2.20. The predicted molar refractivity (Wildman–Crippen MR) is 192 cm³/mol. The predicted octanol–water partition coefficient (Wildman–Crippen LogP) is 7.72. The van der Waals surface area contributed by atoms with E-state index in [9.17, 15) is 4.79 Å².